The van der Waals surface area contributed by atoms with Gasteiger partial charge in [-0.15, -0.1) is 5.10 Å². The Morgan fingerprint density at radius 3 is 3.32 bits per heavy atom. The molecule has 0 radical (unpaired) electrons. The molecule has 0 saturated heterocycles. The zero-order chi connectivity index (χ0) is 15.4. The highest BCUT2D eigenvalue weighted by Gasteiger charge is 2.24. The molecule has 0 saturated carbocycles. The van der Waals surface area contributed by atoms with E-state index in [1.807, 2.05) is 28.4 Å². The van der Waals surface area contributed by atoms with Crippen molar-refractivity contribution in [3.8, 4) is 11.3 Å². The second kappa shape index (κ2) is 6.99. The van der Waals surface area contributed by atoms with Gasteiger partial charge in [0.1, 0.15) is 12.3 Å². The molecule has 1 unspecified atom stereocenters. The first kappa shape index (κ1) is 15.1. The molecular weight excluding hydrogens is 304 g/mol. The number of thiophene rings is 1. The predicted octanol–water partition coefficient (Wildman–Crippen LogP) is 1.06. The summed E-state index contributed by atoms with van der Waals surface area (Å²) in [5.74, 6) is -0.131. The van der Waals surface area contributed by atoms with E-state index in [4.69, 9.17) is 9.47 Å². The lowest BCUT2D eigenvalue weighted by molar-refractivity contribution is -0.126. The number of nitrogens with one attached hydrogen (secondary N) is 1. The van der Waals surface area contributed by atoms with Crippen molar-refractivity contribution in [3.63, 3.8) is 0 Å². The van der Waals surface area contributed by atoms with Crippen molar-refractivity contribution in [3.05, 3.63) is 22.5 Å². The molecule has 0 bridgehead atoms. The summed E-state index contributed by atoms with van der Waals surface area (Å²) in [5, 5.41) is 15.3. The molecule has 3 heterocycles. The SMILES string of the molecule is CCOCC(=O)NCC1Cn2nnc(-c3ccsc3)c2CO1. The van der Waals surface area contributed by atoms with Crippen LogP contribution < -0.4 is 5.32 Å². The second-order valence-corrected chi connectivity index (χ2v) is 5.73. The second-order valence-electron chi connectivity index (χ2n) is 4.95. The van der Waals surface area contributed by atoms with E-state index in [1.165, 1.54) is 0 Å². The molecule has 22 heavy (non-hydrogen) atoms. The maximum atomic E-state index is 11.5. The van der Waals surface area contributed by atoms with E-state index in [-0.39, 0.29) is 18.6 Å². The monoisotopic (exact) mass is 322 g/mol. The van der Waals surface area contributed by atoms with Gasteiger partial charge in [-0.3, -0.25) is 4.79 Å². The summed E-state index contributed by atoms with van der Waals surface area (Å²) in [5.41, 5.74) is 2.92. The standard InChI is InChI=1S/C14H18N4O3S/c1-2-20-8-13(19)15-5-11-6-18-12(7-21-11)14(16-17-18)10-3-4-22-9-10/h3-4,9,11H,2,5-8H2,1H3,(H,15,19). The maximum absolute atomic E-state index is 11.5. The molecule has 1 aliphatic rings. The first-order valence-electron chi connectivity index (χ1n) is 7.19. The highest BCUT2D eigenvalue weighted by Crippen LogP contribution is 2.26. The highest BCUT2D eigenvalue weighted by molar-refractivity contribution is 7.08. The molecule has 0 fully saturated rings. The van der Waals surface area contributed by atoms with Crippen LogP contribution in [0.4, 0.5) is 0 Å². The van der Waals surface area contributed by atoms with Crippen LogP contribution in [0.15, 0.2) is 16.8 Å². The molecule has 1 amide bonds. The smallest absolute Gasteiger partial charge is 0.246 e. The average Bonchev–Trinajstić information content (AvgIpc) is 3.19. The van der Waals surface area contributed by atoms with E-state index in [9.17, 15) is 4.79 Å². The molecule has 7 nitrogen and oxygen atoms in total. The number of rotatable bonds is 6. The number of carbonyl (C=O) groups excluding carboxylic acids is 1. The minimum absolute atomic E-state index is 0.0834. The van der Waals surface area contributed by atoms with Gasteiger partial charge in [-0.2, -0.15) is 11.3 Å². The summed E-state index contributed by atoms with van der Waals surface area (Å²) in [4.78, 5) is 11.5. The van der Waals surface area contributed by atoms with Crippen LogP contribution in [0.3, 0.4) is 0 Å². The Bertz CT molecular complexity index is 626. The Balaban J connectivity index is 1.57. The van der Waals surface area contributed by atoms with Gasteiger partial charge in [0.25, 0.3) is 0 Å². The number of hydrogen-bond acceptors (Lipinski definition) is 6. The summed E-state index contributed by atoms with van der Waals surface area (Å²) in [6, 6.07) is 2.02. The number of fused-ring (bicyclic) bond motifs is 1. The summed E-state index contributed by atoms with van der Waals surface area (Å²) < 4.78 is 12.7. The lowest BCUT2D eigenvalue weighted by atomic mass is 10.2. The van der Waals surface area contributed by atoms with Crippen molar-refractivity contribution in [2.24, 2.45) is 0 Å². The van der Waals surface area contributed by atoms with Gasteiger partial charge in [0.05, 0.1) is 24.9 Å². The molecule has 1 atom stereocenters. The third-order valence-corrected chi connectivity index (χ3v) is 4.11. The molecular formula is C14H18N4O3S. The number of ether oxygens (including phenoxy) is 2. The van der Waals surface area contributed by atoms with Crippen LogP contribution in [-0.4, -0.2) is 46.8 Å². The summed E-state index contributed by atoms with van der Waals surface area (Å²) >= 11 is 1.63. The van der Waals surface area contributed by atoms with Crippen LogP contribution in [0.5, 0.6) is 0 Å². The van der Waals surface area contributed by atoms with Crippen molar-refractivity contribution in [1.29, 1.82) is 0 Å². The quantitative estimate of drug-likeness (QED) is 0.860. The Morgan fingerprint density at radius 1 is 1.64 bits per heavy atom. The number of hydrogen-bond donors (Lipinski definition) is 1. The van der Waals surface area contributed by atoms with Gasteiger partial charge in [0.15, 0.2) is 0 Å². The Morgan fingerprint density at radius 2 is 2.55 bits per heavy atom. The molecule has 0 spiro atoms. The topological polar surface area (TPSA) is 78.3 Å². The predicted molar refractivity (Wildman–Crippen MR) is 81.4 cm³/mol. The van der Waals surface area contributed by atoms with Crippen LogP contribution in [0.25, 0.3) is 11.3 Å². The van der Waals surface area contributed by atoms with E-state index in [2.05, 4.69) is 15.6 Å². The van der Waals surface area contributed by atoms with Gasteiger partial charge in [-0.25, -0.2) is 4.68 Å². The van der Waals surface area contributed by atoms with E-state index in [0.29, 0.717) is 26.3 Å². The Kier molecular flexibility index (Phi) is 4.81. The van der Waals surface area contributed by atoms with Gasteiger partial charge < -0.3 is 14.8 Å². The van der Waals surface area contributed by atoms with Crippen molar-refractivity contribution < 1.29 is 14.3 Å². The molecule has 8 heteroatoms. The molecule has 3 rings (SSSR count). The molecule has 0 aliphatic carbocycles. The molecule has 2 aromatic heterocycles. The van der Waals surface area contributed by atoms with Crippen molar-refractivity contribution >= 4 is 17.2 Å². The fraction of sp³-hybridized carbons (Fsp3) is 0.500. The van der Waals surface area contributed by atoms with Crippen molar-refractivity contribution in [1.82, 2.24) is 20.3 Å². The van der Waals surface area contributed by atoms with E-state index < -0.39 is 0 Å². The average molecular weight is 322 g/mol. The summed E-state index contributed by atoms with van der Waals surface area (Å²) in [7, 11) is 0. The third-order valence-electron chi connectivity index (χ3n) is 3.43. The normalized spacial score (nSPS) is 17.2. The van der Waals surface area contributed by atoms with Crippen molar-refractivity contribution in [2.45, 2.75) is 26.2 Å². The number of aromatic nitrogens is 3. The molecule has 1 N–H and O–H groups in total. The van der Waals surface area contributed by atoms with Crippen LogP contribution in [0.2, 0.25) is 0 Å². The summed E-state index contributed by atoms with van der Waals surface area (Å²) in [6.07, 6.45) is -0.102. The largest absolute Gasteiger partial charge is 0.372 e. The highest BCUT2D eigenvalue weighted by atomic mass is 32.1. The molecule has 2 aromatic rings. The Hall–Kier alpha value is -1.77. The Labute approximate surface area is 132 Å². The van der Waals surface area contributed by atoms with Crippen LogP contribution >= 0.6 is 11.3 Å². The van der Waals surface area contributed by atoms with Gasteiger partial charge >= 0.3 is 0 Å². The van der Waals surface area contributed by atoms with Gasteiger partial charge in [0.2, 0.25) is 5.91 Å². The van der Waals surface area contributed by atoms with Gasteiger partial charge in [-0.05, 0) is 18.4 Å². The van der Waals surface area contributed by atoms with Crippen LogP contribution in [0.1, 0.15) is 12.6 Å². The van der Waals surface area contributed by atoms with Crippen LogP contribution in [-0.2, 0) is 27.4 Å². The minimum atomic E-state index is -0.131. The third kappa shape index (κ3) is 3.34. The van der Waals surface area contributed by atoms with E-state index in [0.717, 1.165) is 17.0 Å². The van der Waals surface area contributed by atoms with Crippen molar-refractivity contribution in [2.75, 3.05) is 19.8 Å². The fourth-order valence-corrected chi connectivity index (χ4v) is 2.93. The van der Waals surface area contributed by atoms with E-state index >= 15 is 0 Å². The lowest BCUT2D eigenvalue weighted by Crippen LogP contribution is -2.40. The van der Waals surface area contributed by atoms with Gasteiger partial charge in [0, 0.05) is 24.1 Å². The number of nitrogens with zero attached hydrogens (tertiary/aromatic N) is 3. The zero-order valence-electron chi connectivity index (χ0n) is 12.3. The number of carbonyl (C=O) groups is 1. The first-order chi connectivity index (χ1) is 10.8. The van der Waals surface area contributed by atoms with Crippen LogP contribution in [0, 0.1) is 0 Å². The maximum Gasteiger partial charge on any atom is 0.246 e. The molecule has 118 valence electrons. The minimum Gasteiger partial charge on any atom is -0.372 e. The molecule has 0 aromatic carbocycles. The fourth-order valence-electron chi connectivity index (χ4n) is 2.29. The molecule has 1 aliphatic heterocycles. The lowest BCUT2D eigenvalue weighted by Gasteiger charge is -2.24. The van der Waals surface area contributed by atoms with E-state index in [1.54, 1.807) is 11.3 Å². The summed E-state index contributed by atoms with van der Waals surface area (Å²) in [6.45, 7) is 3.94. The van der Waals surface area contributed by atoms with Gasteiger partial charge in [-0.1, -0.05) is 5.21 Å². The zero-order valence-corrected chi connectivity index (χ0v) is 13.1. The first-order valence-corrected chi connectivity index (χ1v) is 8.13. The number of amides is 1.